The van der Waals surface area contributed by atoms with Gasteiger partial charge in [-0.15, -0.1) is 5.10 Å². The van der Waals surface area contributed by atoms with Crippen LogP contribution in [0.25, 0.3) is 12.2 Å². The van der Waals surface area contributed by atoms with Crippen molar-refractivity contribution in [1.29, 1.82) is 0 Å². The molecular weight excluding hydrogens is 434 g/mol. The highest BCUT2D eigenvalue weighted by atomic mass is 32.2. The van der Waals surface area contributed by atoms with E-state index in [-0.39, 0.29) is 17.3 Å². The molecule has 32 heavy (non-hydrogen) atoms. The van der Waals surface area contributed by atoms with E-state index in [0.29, 0.717) is 28.2 Å². The van der Waals surface area contributed by atoms with Gasteiger partial charge in [0.2, 0.25) is 11.1 Å². The lowest BCUT2D eigenvalue weighted by atomic mass is 10.2. The number of amides is 1. The third-order valence-corrected chi connectivity index (χ3v) is 5.21. The summed E-state index contributed by atoms with van der Waals surface area (Å²) >= 11 is 1.15. The highest BCUT2D eigenvalue weighted by Gasteiger charge is 2.12. The number of hydrogen-bond acceptors (Lipinski definition) is 8. The molecule has 0 saturated heterocycles. The first kappa shape index (κ1) is 22.8. The maximum atomic E-state index is 12.2. The Labute approximate surface area is 188 Å². The number of anilines is 1. The van der Waals surface area contributed by atoms with Gasteiger partial charge in [-0.05, 0) is 36.3 Å². The van der Waals surface area contributed by atoms with Gasteiger partial charge >= 0.3 is 0 Å². The number of ether oxygens (including phenoxy) is 2. The van der Waals surface area contributed by atoms with E-state index in [1.165, 1.54) is 12.1 Å². The van der Waals surface area contributed by atoms with Crippen molar-refractivity contribution in [3.05, 3.63) is 63.5 Å². The fourth-order valence-electron chi connectivity index (χ4n) is 2.70. The van der Waals surface area contributed by atoms with Crippen molar-refractivity contribution in [2.75, 3.05) is 25.3 Å². The summed E-state index contributed by atoms with van der Waals surface area (Å²) in [5.74, 6) is 1.52. The minimum absolute atomic E-state index is 0.0544. The Hall–Kier alpha value is -3.86. The van der Waals surface area contributed by atoms with Crippen molar-refractivity contribution in [2.24, 2.45) is 0 Å². The molecule has 11 heteroatoms. The summed E-state index contributed by atoms with van der Waals surface area (Å²) < 4.78 is 10.5. The fraction of sp³-hybridized carbons (Fsp3) is 0.190. The molecule has 1 heterocycles. The number of nitro benzene ring substituents is 1. The van der Waals surface area contributed by atoms with Gasteiger partial charge < -0.3 is 14.8 Å². The van der Waals surface area contributed by atoms with Crippen LogP contribution in [-0.2, 0) is 4.79 Å². The van der Waals surface area contributed by atoms with Crippen LogP contribution in [0.4, 0.5) is 11.4 Å². The van der Waals surface area contributed by atoms with E-state index in [9.17, 15) is 14.9 Å². The standard InChI is InChI=1S/C21H21N5O5S/c1-13-4-7-15(26(28)29)11-16(13)22-20(27)12-32-21-23-19(24-25-21)9-6-14-5-8-17(30-2)18(10-14)31-3/h4-11H,12H2,1-3H3,(H,22,27)(H,23,24,25). The Morgan fingerprint density at radius 2 is 1.97 bits per heavy atom. The lowest BCUT2D eigenvalue weighted by Gasteiger charge is -2.07. The number of nitro groups is 1. The van der Waals surface area contributed by atoms with Gasteiger partial charge in [-0.25, -0.2) is 4.98 Å². The van der Waals surface area contributed by atoms with E-state index in [4.69, 9.17) is 9.47 Å². The number of hydrogen-bond donors (Lipinski definition) is 2. The van der Waals surface area contributed by atoms with Gasteiger partial charge in [0.1, 0.15) is 5.82 Å². The van der Waals surface area contributed by atoms with E-state index < -0.39 is 4.92 Å². The second-order valence-corrected chi connectivity index (χ2v) is 7.49. The molecule has 0 fully saturated rings. The summed E-state index contributed by atoms with van der Waals surface area (Å²) in [6.07, 6.45) is 3.60. The highest BCUT2D eigenvalue weighted by molar-refractivity contribution is 7.99. The molecule has 0 aliphatic rings. The molecule has 0 aliphatic heterocycles. The number of thioether (sulfide) groups is 1. The van der Waals surface area contributed by atoms with Crippen molar-refractivity contribution in [1.82, 2.24) is 15.2 Å². The number of H-pyrrole nitrogens is 1. The van der Waals surface area contributed by atoms with Crippen LogP contribution in [0.15, 0.2) is 41.6 Å². The molecule has 2 aromatic carbocycles. The van der Waals surface area contributed by atoms with Crippen LogP contribution in [0.5, 0.6) is 11.5 Å². The molecule has 3 aromatic rings. The van der Waals surface area contributed by atoms with Gasteiger partial charge in [-0.2, -0.15) is 0 Å². The van der Waals surface area contributed by atoms with Crippen LogP contribution in [0.1, 0.15) is 17.0 Å². The zero-order valence-corrected chi connectivity index (χ0v) is 18.4. The summed E-state index contributed by atoms with van der Waals surface area (Å²) in [6.45, 7) is 1.76. The van der Waals surface area contributed by atoms with Crippen molar-refractivity contribution >= 4 is 41.2 Å². The molecule has 0 bridgehead atoms. The first-order chi connectivity index (χ1) is 15.4. The minimum Gasteiger partial charge on any atom is -0.493 e. The van der Waals surface area contributed by atoms with Crippen LogP contribution < -0.4 is 14.8 Å². The van der Waals surface area contributed by atoms with E-state index in [0.717, 1.165) is 22.9 Å². The van der Waals surface area contributed by atoms with Crippen LogP contribution in [0, 0.1) is 17.0 Å². The quantitative estimate of drug-likeness (QED) is 0.282. The van der Waals surface area contributed by atoms with E-state index in [2.05, 4.69) is 20.5 Å². The molecule has 0 spiro atoms. The monoisotopic (exact) mass is 455 g/mol. The van der Waals surface area contributed by atoms with Crippen LogP contribution in [-0.4, -0.2) is 46.0 Å². The number of aryl methyl sites for hydroxylation is 1. The predicted octanol–water partition coefficient (Wildman–Crippen LogP) is 3.94. The lowest BCUT2D eigenvalue weighted by molar-refractivity contribution is -0.384. The number of carbonyl (C=O) groups is 1. The number of nitrogens with one attached hydrogen (secondary N) is 2. The number of aromatic amines is 1. The van der Waals surface area contributed by atoms with Crippen molar-refractivity contribution < 1.29 is 19.2 Å². The Bertz CT molecular complexity index is 1160. The molecule has 0 radical (unpaired) electrons. The van der Waals surface area contributed by atoms with Crippen LogP contribution >= 0.6 is 11.8 Å². The number of rotatable bonds is 9. The highest BCUT2D eigenvalue weighted by Crippen LogP contribution is 2.28. The maximum Gasteiger partial charge on any atom is 0.271 e. The number of non-ortho nitro benzene ring substituents is 1. The first-order valence-electron chi connectivity index (χ1n) is 9.40. The Morgan fingerprint density at radius 3 is 2.69 bits per heavy atom. The van der Waals surface area contributed by atoms with E-state index >= 15 is 0 Å². The smallest absolute Gasteiger partial charge is 0.271 e. The number of benzene rings is 2. The normalized spacial score (nSPS) is 10.8. The average molecular weight is 455 g/mol. The molecule has 0 aliphatic carbocycles. The van der Waals surface area contributed by atoms with Gasteiger partial charge in [-0.3, -0.25) is 20.0 Å². The SMILES string of the molecule is COc1ccc(C=Cc2nc(SCC(=O)Nc3cc([N+](=O)[O-])ccc3C)n[nH]2)cc1OC. The topological polar surface area (TPSA) is 132 Å². The zero-order chi connectivity index (χ0) is 23.1. The Kier molecular flexibility index (Phi) is 7.45. The van der Waals surface area contributed by atoms with Gasteiger partial charge in [0.25, 0.3) is 5.69 Å². The zero-order valence-electron chi connectivity index (χ0n) is 17.6. The van der Waals surface area contributed by atoms with Gasteiger partial charge in [0.05, 0.1) is 30.6 Å². The maximum absolute atomic E-state index is 12.2. The molecule has 2 N–H and O–H groups in total. The fourth-order valence-corrected chi connectivity index (χ4v) is 3.31. The second-order valence-electron chi connectivity index (χ2n) is 6.54. The number of nitrogens with zero attached hydrogens (tertiary/aromatic N) is 3. The second kappa shape index (κ2) is 10.4. The summed E-state index contributed by atoms with van der Waals surface area (Å²) in [5, 5.41) is 20.9. The number of carbonyl (C=O) groups excluding carboxylic acids is 1. The molecule has 3 rings (SSSR count). The summed E-state index contributed by atoms with van der Waals surface area (Å²) in [7, 11) is 3.15. The van der Waals surface area contributed by atoms with Gasteiger partial charge in [0.15, 0.2) is 11.5 Å². The third-order valence-electron chi connectivity index (χ3n) is 4.36. The number of methoxy groups -OCH3 is 2. The van der Waals surface area contributed by atoms with E-state index in [1.54, 1.807) is 33.3 Å². The van der Waals surface area contributed by atoms with Crippen LogP contribution in [0.3, 0.4) is 0 Å². The predicted molar refractivity (Wildman–Crippen MR) is 122 cm³/mol. The summed E-state index contributed by atoms with van der Waals surface area (Å²) in [4.78, 5) is 27.0. The first-order valence-corrected chi connectivity index (χ1v) is 10.4. The largest absolute Gasteiger partial charge is 0.493 e. The molecule has 166 valence electrons. The van der Waals surface area contributed by atoms with Gasteiger partial charge in [0, 0.05) is 12.1 Å². The molecule has 10 nitrogen and oxygen atoms in total. The molecule has 1 aromatic heterocycles. The summed E-state index contributed by atoms with van der Waals surface area (Å²) in [5.41, 5.74) is 1.94. The molecule has 1 amide bonds. The van der Waals surface area contributed by atoms with Crippen molar-refractivity contribution in [2.45, 2.75) is 12.1 Å². The average Bonchev–Trinajstić information content (AvgIpc) is 3.25. The van der Waals surface area contributed by atoms with Crippen LogP contribution in [0.2, 0.25) is 0 Å². The molecule has 0 saturated carbocycles. The minimum atomic E-state index is -0.505. The molecule has 0 atom stereocenters. The van der Waals surface area contributed by atoms with E-state index in [1.807, 2.05) is 24.3 Å². The molecular formula is C21H21N5O5S. The van der Waals surface area contributed by atoms with Crippen molar-refractivity contribution in [3.8, 4) is 11.5 Å². The lowest BCUT2D eigenvalue weighted by Crippen LogP contribution is -2.15. The number of aromatic nitrogens is 3. The molecule has 0 unspecified atom stereocenters. The Morgan fingerprint density at radius 1 is 1.19 bits per heavy atom. The Balaban J connectivity index is 1.57. The summed E-state index contributed by atoms with van der Waals surface area (Å²) in [6, 6.07) is 9.84. The van der Waals surface area contributed by atoms with Crippen molar-refractivity contribution in [3.63, 3.8) is 0 Å². The van der Waals surface area contributed by atoms with Gasteiger partial charge in [-0.1, -0.05) is 30.0 Å². The third kappa shape index (κ3) is 5.85.